The van der Waals surface area contributed by atoms with E-state index >= 15 is 0 Å². The number of nitrogens with one attached hydrogen (secondary N) is 2. The van der Waals surface area contributed by atoms with Crippen molar-refractivity contribution in [3.05, 3.63) is 28.8 Å². The summed E-state index contributed by atoms with van der Waals surface area (Å²) >= 11 is 5.86. The van der Waals surface area contributed by atoms with Crippen molar-refractivity contribution in [3.63, 3.8) is 0 Å². The van der Waals surface area contributed by atoms with Crippen LogP contribution in [0.4, 0.5) is 0 Å². The lowest BCUT2D eigenvalue weighted by Crippen LogP contribution is -2.26. The van der Waals surface area contributed by atoms with Crippen LogP contribution in [-0.2, 0) is 0 Å². The number of ether oxygens (including phenoxy) is 1. The minimum atomic E-state index is -0.166. The first-order chi connectivity index (χ1) is 8.19. The van der Waals surface area contributed by atoms with Gasteiger partial charge in [0.05, 0.1) is 12.7 Å². The molecule has 2 N–H and O–H groups in total. The van der Waals surface area contributed by atoms with Gasteiger partial charge in [0, 0.05) is 11.6 Å². The minimum absolute atomic E-state index is 0.166. The van der Waals surface area contributed by atoms with Gasteiger partial charge in [-0.3, -0.25) is 4.79 Å². The molecule has 0 aliphatic carbocycles. The molecular formula is C12H17ClN2O2. The monoisotopic (exact) mass is 256 g/mol. The number of hydrogen-bond acceptors (Lipinski definition) is 3. The quantitative estimate of drug-likeness (QED) is 0.762. The molecule has 0 saturated carbocycles. The fourth-order valence-corrected chi connectivity index (χ4v) is 1.59. The first-order valence-electron chi connectivity index (χ1n) is 5.45. The van der Waals surface area contributed by atoms with Crippen LogP contribution in [-0.4, -0.2) is 33.2 Å². The van der Waals surface area contributed by atoms with Gasteiger partial charge in [-0.1, -0.05) is 11.6 Å². The third-order valence-electron chi connectivity index (χ3n) is 2.30. The van der Waals surface area contributed by atoms with Gasteiger partial charge in [-0.15, -0.1) is 0 Å². The maximum Gasteiger partial charge on any atom is 0.255 e. The Morgan fingerprint density at radius 1 is 1.41 bits per heavy atom. The van der Waals surface area contributed by atoms with Crippen molar-refractivity contribution in [1.82, 2.24) is 10.6 Å². The van der Waals surface area contributed by atoms with Crippen LogP contribution in [0.3, 0.4) is 0 Å². The van der Waals surface area contributed by atoms with E-state index in [0.717, 1.165) is 13.0 Å². The van der Waals surface area contributed by atoms with Crippen LogP contribution in [0.5, 0.6) is 5.75 Å². The second-order valence-electron chi connectivity index (χ2n) is 3.56. The molecule has 0 bridgehead atoms. The van der Waals surface area contributed by atoms with Crippen LogP contribution in [0.2, 0.25) is 5.02 Å². The highest BCUT2D eigenvalue weighted by atomic mass is 35.5. The molecule has 1 amide bonds. The van der Waals surface area contributed by atoms with Crippen molar-refractivity contribution in [3.8, 4) is 5.75 Å². The number of amides is 1. The van der Waals surface area contributed by atoms with Crippen LogP contribution in [0, 0.1) is 0 Å². The smallest absolute Gasteiger partial charge is 0.255 e. The first-order valence-corrected chi connectivity index (χ1v) is 5.83. The summed E-state index contributed by atoms with van der Waals surface area (Å²) in [4.78, 5) is 11.9. The maximum absolute atomic E-state index is 11.9. The van der Waals surface area contributed by atoms with Gasteiger partial charge in [-0.05, 0) is 38.2 Å². The molecule has 0 aliphatic heterocycles. The zero-order chi connectivity index (χ0) is 12.7. The maximum atomic E-state index is 11.9. The zero-order valence-corrected chi connectivity index (χ0v) is 10.8. The highest BCUT2D eigenvalue weighted by Crippen LogP contribution is 2.22. The third kappa shape index (κ3) is 4.24. The predicted molar refractivity (Wildman–Crippen MR) is 68.9 cm³/mol. The molecule has 17 heavy (non-hydrogen) atoms. The molecule has 1 aromatic carbocycles. The Balaban J connectivity index is 2.64. The Bertz CT molecular complexity index is 383. The molecular weight excluding hydrogens is 240 g/mol. The van der Waals surface area contributed by atoms with Gasteiger partial charge in [-0.2, -0.15) is 0 Å². The molecule has 0 unspecified atom stereocenters. The molecule has 1 rings (SSSR count). The van der Waals surface area contributed by atoms with Crippen LogP contribution >= 0.6 is 11.6 Å². The lowest BCUT2D eigenvalue weighted by molar-refractivity contribution is 0.0950. The van der Waals surface area contributed by atoms with E-state index in [1.165, 1.54) is 7.11 Å². The highest BCUT2D eigenvalue weighted by Gasteiger charge is 2.11. The molecule has 0 atom stereocenters. The summed E-state index contributed by atoms with van der Waals surface area (Å²) in [7, 11) is 3.41. The van der Waals surface area contributed by atoms with Gasteiger partial charge in [0.2, 0.25) is 0 Å². The molecule has 0 saturated heterocycles. The number of carbonyl (C=O) groups excluding carboxylic acids is 1. The lowest BCUT2D eigenvalue weighted by atomic mass is 10.2. The molecule has 5 heteroatoms. The number of hydrogen-bond donors (Lipinski definition) is 2. The van der Waals surface area contributed by atoms with Crippen molar-refractivity contribution in [2.24, 2.45) is 0 Å². The molecule has 0 radical (unpaired) electrons. The van der Waals surface area contributed by atoms with E-state index < -0.39 is 0 Å². The SMILES string of the molecule is CNCCCNC(=O)c1cc(Cl)ccc1OC. The Morgan fingerprint density at radius 3 is 2.82 bits per heavy atom. The zero-order valence-electron chi connectivity index (χ0n) is 10.0. The highest BCUT2D eigenvalue weighted by molar-refractivity contribution is 6.31. The van der Waals surface area contributed by atoms with E-state index in [1.54, 1.807) is 18.2 Å². The van der Waals surface area contributed by atoms with Crippen LogP contribution in [0.15, 0.2) is 18.2 Å². The summed E-state index contributed by atoms with van der Waals surface area (Å²) < 4.78 is 5.12. The summed E-state index contributed by atoms with van der Waals surface area (Å²) in [6.07, 6.45) is 0.880. The molecule has 0 spiro atoms. The Hall–Kier alpha value is -1.26. The van der Waals surface area contributed by atoms with E-state index in [4.69, 9.17) is 16.3 Å². The molecule has 1 aromatic rings. The fraction of sp³-hybridized carbons (Fsp3) is 0.417. The molecule has 4 nitrogen and oxygen atoms in total. The molecule has 0 aromatic heterocycles. The van der Waals surface area contributed by atoms with Gasteiger partial charge < -0.3 is 15.4 Å². The largest absolute Gasteiger partial charge is 0.496 e. The van der Waals surface area contributed by atoms with E-state index in [1.807, 2.05) is 7.05 Å². The molecule has 0 fully saturated rings. The van der Waals surface area contributed by atoms with Gasteiger partial charge in [-0.25, -0.2) is 0 Å². The number of halogens is 1. The van der Waals surface area contributed by atoms with Gasteiger partial charge in [0.25, 0.3) is 5.91 Å². The second-order valence-corrected chi connectivity index (χ2v) is 3.99. The molecule has 0 heterocycles. The van der Waals surface area contributed by atoms with Crippen molar-refractivity contribution >= 4 is 17.5 Å². The summed E-state index contributed by atoms with van der Waals surface area (Å²) in [5.41, 5.74) is 0.462. The average Bonchev–Trinajstić information content (AvgIpc) is 2.34. The van der Waals surface area contributed by atoms with Crippen LogP contribution in [0.25, 0.3) is 0 Å². The first kappa shape index (κ1) is 13.8. The average molecular weight is 257 g/mol. The van der Waals surface area contributed by atoms with Crippen LogP contribution < -0.4 is 15.4 Å². The lowest BCUT2D eigenvalue weighted by Gasteiger charge is -2.09. The number of carbonyl (C=O) groups is 1. The minimum Gasteiger partial charge on any atom is -0.496 e. The second kappa shape index (κ2) is 7.14. The Kier molecular flexibility index (Phi) is 5.80. The summed E-state index contributed by atoms with van der Waals surface area (Å²) in [6, 6.07) is 4.98. The molecule has 94 valence electrons. The Labute approximate surface area is 106 Å². The summed E-state index contributed by atoms with van der Waals surface area (Å²) in [6.45, 7) is 1.49. The van der Waals surface area contributed by atoms with Gasteiger partial charge in [0.1, 0.15) is 5.75 Å². The van der Waals surface area contributed by atoms with Crippen LogP contribution in [0.1, 0.15) is 16.8 Å². The number of benzene rings is 1. The van der Waals surface area contributed by atoms with E-state index in [2.05, 4.69) is 10.6 Å². The topological polar surface area (TPSA) is 50.4 Å². The van der Waals surface area contributed by atoms with Crippen molar-refractivity contribution < 1.29 is 9.53 Å². The van der Waals surface area contributed by atoms with E-state index in [-0.39, 0.29) is 5.91 Å². The number of rotatable bonds is 6. The third-order valence-corrected chi connectivity index (χ3v) is 2.53. The standard InChI is InChI=1S/C12H17ClN2O2/c1-14-6-3-7-15-12(16)10-8-9(13)4-5-11(10)17-2/h4-5,8,14H,3,6-7H2,1-2H3,(H,15,16). The van der Waals surface area contributed by atoms with Gasteiger partial charge in [0.15, 0.2) is 0 Å². The summed E-state index contributed by atoms with van der Waals surface area (Å²) in [5, 5.41) is 6.35. The van der Waals surface area contributed by atoms with Crippen molar-refractivity contribution in [2.45, 2.75) is 6.42 Å². The Morgan fingerprint density at radius 2 is 2.18 bits per heavy atom. The van der Waals surface area contributed by atoms with E-state index in [9.17, 15) is 4.79 Å². The predicted octanol–water partition coefficient (Wildman–Crippen LogP) is 1.69. The summed E-state index contributed by atoms with van der Waals surface area (Å²) in [5.74, 6) is 0.362. The number of methoxy groups -OCH3 is 1. The molecule has 0 aliphatic rings. The van der Waals surface area contributed by atoms with Crippen molar-refractivity contribution in [1.29, 1.82) is 0 Å². The fourth-order valence-electron chi connectivity index (χ4n) is 1.42. The van der Waals surface area contributed by atoms with E-state index in [0.29, 0.717) is 22.9 Å². The van der Waals surface area contributed by atoms with Crippen molar-refractivity contribution in [2.75, 3.05) is 27.2 Å². The van der Waals surface area contributed by atoms with Gasteiger partial charge >= 0.3 is 0 Å². The normalized spacial score (nSPS) is 10.1.